The molecular weight excluding hydrogens is 164 g/mol. The van der Waals surface area contributed by atoms with Crippen LogP contribution in [0.2, 0.25) is 0 Å². The molecule has 1 rings (SSSR count). The summed E-state index contributed by atoms with van der Waals surface area (Å²) in [5.74, 6) is 0.00388. The van der Waals surface area contributed by atoms with Gasteiger partial charge in [-0.2, -0.15) is 10.5 Å². The first-order valence-electron chi connectivity index (χ1n) is 3.78. The first kappa shape index (κ1) is 9.09. The monoisotopic (exact) mass is 172 g/mol. The lowest BCUT2D eigenvalue weighted by atomic mass is 10.0. The molecule has 13 heavy (non-hydrogen) atoms. The van der Waals surface area contributed by atoms with E-state index in [1.165, 1.54) is 6.07 Å². The van der Waals surface area contributed by atoms with Crippen molar-refractivity contribution in [1.29, 1.82) is 10.5 Å². The molecule has 3 heteroatoms. The van der Waals surface area contributed by atoms with Gasteiger partial charge in [0, 0.05) is 0 Å². The van der Waals surface area contributed by atoms with Gasteiger partial charge in [0.2, 0.25) is 0 Å². The average Bonchev–Trinajstić information content (AvgIpc) is 2.11. The van der Waals surface area contributed by atoms with Gasteiger partial charge in [-0.3, -0.25) is 0 Å². The molecule has 0 aliphatic carbocycles. The normalized spacial score (nSPS) is 8.85. The van der Waals surface area contributed by atoms with Crippen molar-refractivity contribution < 1.29 is 5.11 Å². The average molecular weight is 172 g/mol. The van der Waals surface area contributed by atoms with Gasteiger partial charge in [-0.1, -0.05) is 6.07 Å². The highest BCUT2D eigenvalue weighted by molar-refractivity contribution is 5.49. The Morgan fingerprint density at radius 2 is 2.08 bits per heavy atom. The summed E-state index contributed by atoms with van der Waals surface area (Å²) in [5, 5.41) is 26.5. The fourth-order valence-corrected chi connectivity index (χ4v) is 1.13. The predicted octanol–water partition coefficient (Wildman–Crippen LogP) is 1.64. The number of hydrogen-bond acceptors (Lipinski definition) is 3. The van der Waals surface area contributed by atoms with Crippen molar-refractivity contribution in [3.05, 3.63) is 28.8 Å². The summed E-state index contributed by atoms with van der Waals surface area (Å²) < 4.78 is 0. The van der Waals surface area contributed by atoms with Gasteiger partial charge < -0.3 is 5.11 Å². The second-order valence-corrected chi connectivity index (χ2v) is 2.76. The molecule has 64 valence electrons. The molecule has 0 atom stereocenters. The van der Waals surface area contributed by atoms with Crippen LogP contribution in [0.5, 0.6) is 5.75 Å². The number of phenolic OH excluding ortho intramolecular Hbond substituents is 1. The van der Waals surface area contributed by atoms with E-state index in [0.29, 0.717) is 5.56 Å². The molecule has 0 spiro atoms. The van der Waals surface area contributed by atoms with E-state index in [1.807, 2.05) is 12.1 Å². The van der Waals surface area contributed by atoms with E-state index >= 15 is 0 Å². The Kier molecular flexibility index (Phi) is 2.52. The Balaban J connectivity index is 3.26. The molecule has 0 radical (unpaired) electrons. The lowest BCUT2D eigenvalue weighted by Crippen LogP contribution is -1.88. The third kappa shape index (κ3) is 1.77. The molecule has 1 aromatic carbocycles. The first-order chi connectivity index (χ1) is 6.19. The van der Waals surface area contributed by atoms with E-state index in [9.17, 15) is 5.11 Å². The smallest absolute Gasteiger partial charge is 0.136 e. The summed E-state index contributed by atoms with van der Waals surface area (Å²) in [4.78, 5) is 0. The molecule has 0 saturated heterocycles. The zero-order valence-electron chi connectivity index (χ0n) is 7.20. The number of phenols is 1. The minimum absolute atomic E-state index is 0.00388. The van der Waals surface area contributed by atoms with Gasteiger partial charge >= 0.3 is 0 Å². The number of aromatic hydroxyl groups is 1. The molecule has 0 aliphatic rings. The van der Waals surface area contributed by atoms with Crippen LogP contribution in [0.25, 0.3) is 0 Å². The second-order valence-electron chi connectivity index (χ2n) is 2.76. The SMILES string of the molecule is Cc1cc(CC#N)cc(C#N)c1O. The van der Waals surface area contributed by atoms with Crippen LogP contribution >= 0.6 is 0 Å². The zero-order valence-corrected chi connectivity index (χ0v) is 7.20. The Hall–Kier alpha value is -2.00. The minimum atomic E-state index is 0.00388. The van der Waals surface area contributed by atoms with Crippen molar-refractivity contribution in [2.75, 3.05) is 0 Å². The fourth-order valence-electron chi connectivity index (χ4n) is 1.13. The summed E-state index contributed by atoms with van der Waals surface area (Å²) in [7, 11) is 0. The standard InChI is InChI=1S/C10H8N2O/c1-7-4-8(2-3-11)5-9(6-12)10(7)13/h4-5,13H,2H2,1H3. The molecular formula is C10H8N2O. The molecule has 0 fully saturated rings. The maximum Gasteiger partial charge on any atom is 0.136 e. The summed E-state index contributed by atoms with van der Waals surface area (Å²) in [5.41, 5.74) is 1.61. The number of aryl methyl sites for hydroxylation is 1. The van der Waals surface area contributed by atoms with Crippen molar-refractivity contribution >= 4 is 0 Å². The quantitative estimate of drug-likeness (QED) is 0.700. The van der Waals surface area contributed by atoms with Crippen LogP contribution in [-0.4, -0.2) is 5.11 Å². The van der Waals surface area contributed by atoms with E-state index < -0.39 is 0 Å². The molecule has 0 heterocycles. The van der Waals surface area contributed by atoms with Gasteiger partial charge in [-0.15, -0.1) is 0 Å². The van der Waals surface area contributed by atoms with Crippen LogP contribution in [0.4, 0.5) is 0 Å². The van der Waals surface area contributed by atoms with Gasteiger partial charge in [0.1, 0.15) is 11.8 Å². The topological polar surface area (TPSA) is 67.8 Å². The largest absolute Gasteiger partial charge is 0.506 e. The lowest BCUT2D eigenvalue weighted by molar-refractivity contribution is 0.469. The summed E-state index contributed by atoms with van der Waals surface area (Å²) in [6.45, 7) is 1.71. The van der Waals surface area contributed by atoms with E-state index in [0.717, 1.165) is 5.56 Å². The molecule has 1 N–H and O–H groups in total. The highest BCUT2D eigenvalue weighted by Gasteiger charge is 2.05. The molecule has 0 aromatic heterocycles. The predicted molar refractivity (Wildman–Crippen MR) is 46.9 cm³/mol. The van der Waals surface area contributed by atoms with Crippen molar-refractivity contribution in [3.8, 4) is 17.9 Å². The maximum absolute atomic E-state index is 9.38. The first-order valence-corrected chi connectivity index (χ1v) is 3.78. The molecule has 0 saturated carbocycles. The van der Waals surface area contributed by atoms with E-state index in [1.54, 1.807) is 13.0 Å². The van der Waals surface area contributed by atoms with Gasteiger partial charge in [0.05, 0.1) is 18.1 Å². The van der Waals surface area contributed by atoms with Crippen molar-refractivity contribution in [2.24, 2.45) is 0 Å². The van der Waals surface area contributed by atoms with Gasteiger partial charge in [0.15, 0.2) is 0 Å². The summed E-state index contributed by atoms with van der Waals surface area (Å²) in [6, 6.07) is 7.11. The fraction of sp³-hybridized carbons (Fsp3) is 0.200. The molecule has 1 aromatic rings. The van der Waals surface area contributed by atoms with Crippen LogP contribution < -0.4 is 0 Å². The Morgan fingerprint density at radius 3 is 2.62 bits per heavy atom. The van der Waals surface area contributed by atoms with Crippen LogP contribution in [0.15, 0.2) is 12.1 Å². The summed E-state index contributed by atoms with van der Waals surface area (Å²) >= 11 is 0. The van der Waals surface area contributed by atoms with Crippen LogP contribution in [0, 0.1) is 29.6 Å². The zero-order chi connectivity index (χ0) is 9.84. The number of nitriles is 2. The number of hydrogen-bond donors (Lipinski definition) is 1. The van der Waals surface area contributed by atoms with Crippen molar-refractivity contribution in [2.45, 2.75) is 13.3 Å². The van der Waals surface area contributed by atoms with E-state index in [4.69, 9.17) is 10.5 Å². The highest BCUT2D eigenvalue weighted by Crippen LogP contribution is 2.23. The Bertz CT molecular complexity index is 410. The molecule has 0 unspecified atom stereocenters. The number of nitrogens with zero attached hydrogens (tertiary/aromatic N) is 2. The number of rotatable bonds is 1. The van der Waals surface area contributed by atoms with Crippen LogP contribution in [0.1, 0.15) is 16.7 Å². The van der Waals surface area contributed by atoms with E-state index in [-0.39, 0.29) is 17.7 Å². The Labute approximate surface area is 76.5 Å². The third-order valence-electron chi connectivity index (χ3n) is 1.76. The lowest BCUT2D eigenvalue weighted by Gasteiger charge is -2.02. The Morgan fingerprint density at radius 1 is 1.38 bits per heavy atom. The summed E-state index contributed by atoms with van der Waals surface area (Å²) in [6.07, 6.45) is 0.260. The van der Waals surface area contributed by atoms with E-state index in [2.05, 4.69) is 0 Å². The van der Waals surface area contributed by atoms with Gasteiger partial charge in [-0.05, 0) is 24.1 Å². The second kappa shape index (κ2) is 3.60. The molecule has 0 bridgehead atoms. The van der Waals surface area contributed by atoms with Crippen LogP contribution in [0.3, 0.4) is 0 Å². The number of benzene rings is 1. The highest BCUT2D eigenvalue weighted by atomic mass is 16.3. The third-order valence-corrected chi connectivity index (χ3v) is 1.76. The minimum Gasteiger partial charge on any atom is -0.506 e. The van der Waals surface area contributed by atoms with Crippen LogP contribution in [-0.2, 0) is 6.42 Å². The van der Waals surface area contributed by atoms with Crippen molar-refractivity contribution in [1.82, 2.24) is 0 Å². The molecule has 0 amide bonds. The van der Waals surface area contributed by atoms with Gasteiger partial charge in [0.25, 0.3) is 0 Å². The molecule has 3 nitrogen and oxygen atoms in total. The van der Waals surface area contributed by atoms with Gasteiger partial charge in [-0.25, -0.2) is 0 Å². The van der Waals surface area contributed by atoms with Crippen molar-refractivity contribution in [3.63, 3.8) is 0 Å². The maximum atomic E-state index is 9.38. The molecule has 0 aliphatic heterocycles.